The van der Waals surface area contributed by atoms with Crippen molar-refractivity contribution in [3.8, 4) is 0 Å². The Labute approximate surface area is 179 Å². The van der Waals surface area contributed by atoms with Crippen LogP contribution in [0.2, 0.25) is 0 Å². The van der Waals surface area contributed by atoms with Crippen molar-refractivity contribution < 1.29 is 9.59 Å². The van der Waals surface area contributed by atoms with Crippen LogP contribution in [0, 0.1) is 0 Å². The molecule has 0 atom stereocenters. The van der Waals surface area contributed by atoms with Crippen molar-refractivity contribution in [3.05, 3.63) is 65.7 Å². The summed E-state index contributed by atoms with van der Waals surface area (Å²) in [5, 5.41) is 2.82. The Morgan fingerprint density at radius 2 is 1.63 bits per heavy atom. The fourth-order valence-electron chi connectivity index (χ4n) is 2.85. The molecule has 0 unspecified atom stereocenters. The fraction of sp³-hybridized carbons (Fsp3) is 0.333. The number of benzene rings is 2. The highest BCUT2D eigenvalue weighted by Gasteiger charge is 2.07. The van der Waals surface area contributed by atoms with Crippen LogP contribution in [0.15, 0.2) is 54.6 Å². The fourth-order valence-corrected chi connectivity index (χ4v) is 2.85. The van der Waals surface area contributed by atoms with Crippen LogP contribution in [0.25, 0.3) is 6.08 Å². The largest absolute Gasteiger partial charge is 0.373 e. The summed E-state index contributed by atoms with van der Waals surface area (Å²) in [7, 11) is 9.84. The third kappa shape index (κ3) is 7.81. The van der Waals surface area contributed by atoms with E-state index in [9.17, 15) is 9.59 Å². The number of carbonyl (C=O) groups is 2. The maximum Gasteiger partial charge on any atom is 0.238 e. The van der Waals surface area contributed by atoms with Gasteiger partial charge in [0, 0.05) is 37.1 Å². The number of amides is 1. The number of hydrogen-bond donors (Lipinski definition) is 1. The molecule has 0 fully saturated rings. The summed E-state index contributed by atoms with van der Waals surface area (Å²) in [6.45, 7) is 2.18. The number of nitrogens with one attached hydrogen (secondary N) is 1. The lowest BCUT2D eigenvalue weighted by molar-refractivity contribution is -0.116. The smallest absolute Gasteiger partial charge is 0.238 e. The molecule has 1 amide bonds. The van der Waals surface area contributed by atoms with Gasteiger partial charge < -0.3 is 20.0 Å². The first-order valence-electron chi connectivity index (χ1n) is 9.97. The van der Waals surface area contributed by atoms with E-state index in [0.717, 1.165) is 24.3 Å². The third-order valence-electron chi connectivity index (χ3n) is 4.51. The van der Waals surface area contributed by atoms with Gasteiger partial charge in [0.15, 0.2) is 5.78 Å². The molecule has 2 aromatic carbocycles. The van der Waals surface area contributed by atoms with Gasteiger partial charge in [-0.1, -0.05) is 30.3 Å². The van der Waals surface area contributed by atoms with Gasteiger partial charge in [0.2, 0.25) is 5.91 Å². The topological polar surface area (TPSA) is 55.9 Å². The predicted octanol–water partition coefficient (Wildman–Crippen LogP) is 3.08. The average molecular weight is 409 g/mol. The summed E-state index contributed by atoms with van der Waals surface area (Å²) in [5.41, 5.74) is 3.23. The standard InChI is InChI=1S/C24H32N4O2/c1-26(2)14-15-28(5)22-11-6-8-19(16-22)12-13-23(29)20-9-7-10-21(17-20)25-24(30)18-27(3)4/h6-13,16-17H,14-15,18H2,1-5H3,(H,25,30)/b13-12+. The molecule has 0 bridgehead atoms. The van der Waals surface area contributed by atoms with Crippen molar-refractivity contribution in [2.45, 2.75) is 0 Å². The van der Waals surface area contributed by atoms with E-state index in [1.807, 2.05) is 32.3 Å². The summed E-state index contributed by atoms with van der Waals surface area (Å²) >= 11 is 0. The van der Waals surface area contributed by atoms with Crippen LogP contribution in [0.5, 0.6) is 0 Å². The van der Waals surface area contributed by atoms with Crippen LogP contribution in [-0.2, 0) is 4.79 Å². The van der Waals surface area contributed by atoms with Crippen LogP contribution >= 0.6 is 0 Å². The minimum absolute atomic E-state index is 0.106. The molecule has 30 heavy (non-hydrogen) atoms. The molecule has 0 saturated heterocycles. The molecule has 0 aliphatic carbocycles. The first-order chi connectivity index (χ1) is 14.2. The second kappa shape index (κ2) is 11.3. The Kier molecular flexibility index (Phi) is 8.77. The lowest BCUT2D eigenvalue weighted by Gasteiger charge is -2.21. The first kappa shape index (κ1) is 23.3. The molecule has 160 valence electrons. The molecule has 2 rings (SSSR count). The van der Waals surface area contributed by atoms with E-state index in [-0.39, 0.29) is 18.2 Å². The molecule has 0 saturated carbocycles. The highest BCUT2D eigenvalue weighted by Crippen LogP contribution is 2.17. The number of hydrogen-bond acceptors (Lipinski definition) is 5. The number of anilines is 2. The second-order valence-corrected chi connectivity index (χ2v) is 7.88. The molecule has 0 radical (unpaired) electrons. The van der Waals surface area contributed by atoms with E-state index >= 15 is 0 Å². The van der Waals surface area contributed by atoms with Gasteiger partial charge in [-0.25, -0.2) is 0 Å². The number of nitrogens with zero attached hydrogens (tertiary/aromatic N) is 3. The minimum atomic E-state index is -0.115. The van der Waals surface area contributed by atoms with E-state index in [0.29, 0.717) is 11.3 Å². The predicted molar refractivity (Wildman–Crippen MR) is 125 cm³/mol. The van der Waals surface area contributed by atoms with Crippen molar-refractivity contribution in [2.75, 3.05) is 65.1 Å². The number of carbonyl (C=O) groups excluding carboxylic acids is 2. The SMILES string of the molecule is CN(C)CCN(C)c1cccc(/C=C/C(=O)c2cccc(NC(=O)CN(C)C)c2)c1. The van der Waals surface area contributed by atoms with E-state index in [2.05, 4.69) is 48.4 Å². The molecule has 0 aliphatic rings. The molecular formula is C24H32N4O2. The van der Waals surface area contributed by atoms with Crippen LogP contribution in [0.4, 0.5) is 11.4 Å². The van der Waals surface area contributed by atoms with Gasteiger partial charge >= 0.3 is 0 Å². The van der Waals surface area contributed by atoms with Crippen LogP contribution in [0.3, 0.4) is 0 Å². The van der Waals surface area contributed by atoms with Crippen LogP contribution < -0.4 is 10.2 Å². The maximum absolute atomic E-state index is 12.6. The Bertz CT molecular complexity index is 890. The van der Waals surface area contributed by atoms with E-state index in [1.165, 1.54) is 0 Å². The van der Waals surface area contributed by atoms with Gasteiger partial charge in [0.25, 0.3) is 0 Å². The molecule has 0 spiro atoms. The van der Waals surface area contributed by atoms with Gasteiger partial charge in [-0.15, -0.1) is 0 Å². The van der Waals surface area contributed by atoms with Crippen LogP contribution in [-0.4, -0.2) is 76.4 Å². The molecule has 0 aliphatic heterocycles. The Morgan fingerprint density at radius 3 is 2.33 bits per heavy atom. The van der Waals surface area contributed by atoms with Gasteiger partial charge in [-0.3, -0.25) is 9.59 Å². The van der Waals surface area contributed by atoms with Gasteiger partial charge in [-0.05, 0) is 64.1 Å². The summed E-state index contributed by atoms with van der Waals surface area (Å²) in [6, 6.07) is 15.1. The van der Waals surface area contributed by atoms with Crippen molar-refractivity contribution in [1.29, 1.82) is 0 Å². The normalized spacial score (nSPS) is 11.3. The highest BCUT2D eigenvalue weighted by atomic mass is 16.2. The van der Waals surface area contributed by atoms with Crippen LogP contribution in [0.1, 0.15) is 15.9 Å². The van der Waals surface area contributed by atoms with E-state index in [4.69, 9.17) is 0 Å². The lowest BCUT2D eigenvalue weighted by Crippen LogP contribution is -2.28. The molecule has 6 nitrogen and oxygen atoms in total. The van der Waals surface area contributed by atoms with Crippen molar-refractivity contribution in [3.63, 3.8) is 0 Å². The lowest BCUT2D eigenvalue weighted by atomic mass is 10.1. The summed E-state index contributed by atoms with van der Waals surface area (Å²) in [4.78, 5) is 30.7. The molecular weight excluding hydrogens is 376 g/mol. The molecule has 0 aromatic heterocycles. The first-order valence-corrected chi connectivity index (χ1v) is 9.97. The number of allylic oxidation sites excluding steroid dienone is 1. The van der Waals surface area contributed by atoms with E-state index in [1.54, 1.807) is 35.2 Å². The zero-order valence-electron chi connectivity index (χ0n) is 18.6. The van der Waals surface area contributed by atoms with Gasteiger partial charge in [0.05, 0.1) is 6.54 Å². The number of ketones is 1. The summed E-state index contributed by atoms with van der Waals surface area (Å²) in [5.74, 6) is -0.222. The zero-order chi connectivity index (χ0) is 22.1. The Balaban J connectivity index is 2.04. The summed E-state index contributed by atoms with van der Waals surface area (Å²) < 4.78 is 0. The zero-order valence-corrected chi connectivity index (χ0v) is 18.6. The highest BCUT2D eigenvalue weighted by molar-refractivity contribution is 6.07. The second-order valence-electron chi connectivity index (χ2n) is 7.88. The van der Waals surface area contributed by atoms with Crippen molar-refractivity contribution in [1.82, 2.24) is 9.80 Å². The number of rotatable bonds is 10. The third-order valence-corrected chi connectivity index (χ3v) is 4.51. The molecule has 6 heteroatoms. The molecule has 1 N–H and O–H groups in total. The minimum Gasteiger partial charge on any atom is -0.373 e. The Hall–Kier alpha value is -2.96. The monoisotopic (exact) mass is 408 g/mol. The quantitative estimate of drug-likeness (QED) is 0.484. The van der Waals surface area contributed by atoms with Crippen molar-refractivity contribution in [2.24, 2.45) is 0 Å². The van der Waals surface area contributed by atoms with Gasteiger partial charge in [-0.2, -0.15) is 0 Å². The maximum atomic E-state index is 12.6. The Morgan fingerprint density at radius 1 is 0.900 bits per heavy atom. The molecule has 2 aromatic rings. The number of likely N-dealkylation sites (N-methyl/N-ethyl adjacent to an activating group) is 3. The average Bonchev–Trinajstić information content (AvgIpc) is 2.70. The van der Waals surface area contributed by atoms with Crippen molar-refractivity contribution >= 4 is 29.1 Å². The van der Waals surface area contributed by atoms with Gasteiger partial charge in [0.1, 0.15) is 0 Å². The molecule has 0 heterocycles. The summed E-state index contributed by atoms with van der Waals surface area (Å²) in [6.07, 6.45) is 3.39. The van der Waals surface area contributed by atoms with E-state index < -0.39 is 0 Å².